The van der Waals surface area contributed by atoms with E-state index in [-0.39, 0.29) is 10.8 Å². The first kappa shape index (κ1) is 13.3. The molecule has 1 N–H and O–H groups in total. The fourth-order valence-electron chi connectivity index (χ4n) is 1.97. The first-order valence-corrected chi connectivity index (χ1v) is 6.91. The molecule has 0 aliphatic carbocycles. The SMILES string of the molecule is Fc1c(Cl)ccc(CCN2CCNCC2)c1Br. The third-order valence-electron chi connectivity index (χ3n) is 3.02. The van der Waals surface area contributed by atoms with Crippen LogP contribution in [0.25, 0.3) is 0 Å². The zero-order valence-electron chi connectivity index (χ0n) is 9.48. The minimum Gasteiger partial charge on any atom is -0.314 e. The average Bonchev–Trinajstić information content (AvgIpc) is 2.36. The number of nitrogens with one attached hydrogen (secondary N) is 1. The van der Waals surface area contributed by atoms with E-state index >= 15 is 0 Å². The largest absolute Gasteiger partial charge is 0.314 e. The highest BCUT2D eigenvalue weighted by atomic mass is 79.9. The van der Waals surface area contributed by atoms with E-state index in [9.17, 15) is 4.39 Å². The Morgan fingerprint density at radius 1 is 1.35 bits per heavy atom. The number of benzene rings is 1. The molecular weight excluding hydrogens is 307 g/mol. The molecule has 1 aromatic rings. The molecule has 0 amide bonds. The van der Waals surface area contributed by atoms with Crippen LogP contribution in [0.2, 0.25) is 5.02 Å². The van der Waals surface area contributed by atoms with Crippen LogP contribution in [0.1, 0.15) is 5.56 Å². The zero-order chi connectivity index (χ0) is 12.3. The van der Waals surface area contributed by atoms with E-state index < -0.39 is 0 Å². The molecule has 94 valence electrons. The minimum absolute atomic E-state index is 0.169. The summed E-state index contributed by atoms with van der Waals surface area (Å²) < 4.78 is 14.1. The van der Waals surface area contributed by atoms with E-state index in [1.807, 2.05) is 6.07 Å². The van der Waals surface area contributed by atoms with Crippen LogP contribution in [0.3, 0.4) is 0 Å². The number of rotatable bonds is 3. The van der Waals surface area contributed by atoms with Crippen molar-refractivity contribution in [2.75, 3.05) is 32.7 Å². The van der Waals surface area contributed by atoms with Crippen molar-refractivity contribution in [1.29, 1.82) is 0 Å². The van der Waals surface area contributed by atoms with Gasteiger partial charge in [0.1, 0.15) is 0 Å². The molecule has 0 saturated carbocycles. The number of halogens is 3. The Morgan fingerprint density at radius 3 is 2.76 bits per heavy atom. The number of nitrogens with zero attached hydrogens (tertiary/aromatic N) is 1. The van der Waals surface area contributed by atoms with Crippen LogP contribution in [0.15, 0.2) is 16.6 Å². The molecule has 1 saturated heterocycles. The van der Waals surface area contributed by atoms with Gasteiger partial charge in [-0.25, -0.2) is 4.39 Å². The topological polar surface area (TPSA) is 15.3 Å². The maximum absolute atomic E-state index is 13.6. The number of piperazine rings is 1. The first-order chi connectivity index (χ1) is 8.18. The molecule has 0 unspecified atom stereocenters. The van der Waals surface area contributed by atoms with E-state index in [4.69, 9.17) is 11.6 Å². The molecule has 0 bridgehead atoms. The molecular formula is C12H15BrClFN2. The van der Waals surface area contributed by atoms with E-state index in [0.29, 0.717) is 4.47 Å². The summed E-state index contributed by atoms with van der Waals surface area (Å²) in [5.74, 6) is -0.357. The van der Waals surface area contributed by atoms with Gasteiger partial charge < -0.3 is 10.2 Å². The van der Waals surface area contributed by atoms with Gasteiger partial charge in [0, 0.05) is 32.7 Å². The van der Waals surface area contributed by atoms with E-state index in [0.717, 1.165) is 44.7 Å². The summed E-state index contributed by atoms with van der Waals surface area (Å²) in [6.45, 7) is 5.16. The molecule has 17 heavy (non-hydrogen) atoms. The lowest BCUT2D eigenvalue weighted by Crippen LogP contribution is -2.44. The maximum Gasteiger partial charge on any atom is 0.156 e. The minimum atomic E-state index is -0.357. The van der Waals surface area contributed by atoms with Crippen LogP contribution >= 0.6 is 27.5 Å². The lowest BCUT2D eigenvalue weighted by Gasteiger charge is -2.27. The lowest BCUT2D eigenvalue weighted by molar-refractivity contribution is 0.243. The summed E-state index contributed by atoms with van der Waals surface area (Å²) in [6.07, 6.45) is 0.842. The van der Waals surface area contributed by atoms with Crippen molar-refractivity contribution in [3.05, 3.63) is 33.0 Å². The Morgan fingerprint density at radius 2 is 2.06 bits per heavy atom. The molecule has 2 nitrogen and oxygen atoms in total. The normalized spacial score (nSPS) is 17.4. The summed E-state index contributed by atoms with van der Waals surface area (Å²) >= 11 is 8.98. The third-order valence-corrected chi connectivity index (χ3v) is 4.17. The Kier molecular flexibility index (Phi) is 4.79. The molecule has 1 aliphatic heterocycles. The van der Waals surface area contributed by atoms with Gasteiger partial charge in [0.15, 0.2) is 5.82 Å². The van der Waals surface area contributed by atoms with Gasteiger partial charge in [0.25, 0.3) is 0 Å². The van der Waals surface area contributed by atoms with Crippen LogP contribution in [0, 0.1) is 5.82 Å². The summed E-state index contributed by atoms with van der Waals surface area (Å²) in [6, 6.07) is 3.51. The highest BCUT2D eigenvalue weighted by Crippen LogP contribution is 2.27. The quantitative estimate of drug-likeness (QED) is 0.861. The molecule has 2 rings (SSSR count). The highest BCUT2D eigenvalue weighted by Gasteiger charge is 2.13. The van der Waals surface area contributed by atoms with Gasteiger partial charge in [-0.3, -0.25) is 0 Å². The van der Waals surface area contributed by atoms with Crippen LogP contribution in [0.5, 0.6) is 0 Å². The second-order valence-corrected chi connectivity index (χ2v) is 5.38. The van der Waals surface area contributed by atoms with Crippen molar-refractivity contribution in [2.45, 2.75) is 6.42 Å². The number of hydrogen-bond donors (Lipinski definition) is 1. The first-order valence-electron chi connectivity index (χ1n) is 5.74. The van der Waals surface area contributed by atoms with Crippen molar-refractivity contribution in [3.63, 3.8) is 0 Å². The molecule has 0 atom stereocenters. The van der Waals surface area contributed by atoms with Gasteiger partial charge in [0.05, 0.1) is 9.50 Å². The summed E-state index contributed by atoms with van der Waals surface area (Å²) in [7, 11) is 0. The molecule has 1 aliphatic rings. The van der Waals surface area contributed by atoms with E-state index in [1.54, 1.807) is 6.07 Å². The summed E-state index contributed by atoms with van der Waals surface area (Å²) in [4.78, 5) is 2.38. The van der Waals surface area contributed by atoms with Gasteiger partial charge >= 0.3 is 0 Å². The van der Waals surface area contributed by atoms with E-state index in [2.05, 4.69) is 26.1 Å². The van der Waals surface area contributed by atoms with Crippen molar-refractivity contribution >= 4 is 27.5 Å². The fourth-order valence-corrected chi connectivity index (χ4v) is 2.79. The Balaban J connectivity index is 1.96. The highest BCUT2D eigenvalue weighted by molar-refractivity contribution is 9.10. The molecule has 0 radical (unpaired) electrons. The van der Waals surface area contributed by atoms with Crippen molar-refractivity contribution in [2.24, 2.45) is 0 Å². The standard InChI is InChI=1S/C12H15BrClFN2/c13-11-9(1-2-10(14)12(11)15)3-6-17-7-4-16-5-8-17/h1-2,16H,3-8H2. The second-order valence-electron chi connectivity index (χ2n) is 4.18. The van der Waals surface area contributed by atoms with Crippen LogP contribution < -0.4 is 5.32 Å². The van der Waals surface area contributed by atoms with Crippen molar-refractivity contribution < 1.29 is 4.39 Å². The number of hydrogen-bond acceptors (Lipinski definition) is 2. The van der Waals surface area contributed by atoms with Crippen LogP contribution in [-0.2, 0) is 6.42 Å². The Hall–Kier alpha value is -0.160. The fraction of sp³-hybridized carbons (Fsp3) is 0.500. The Labute approximate surface area is 114 Å². The summed E-state index contributed by atoms with van der Waals surface area (Å²) in [5.41, 5.74) is 0.977. The second kappa shape index (κ2) is 6.14. The molecule has 1 heterocycles. The summed E-state index contributed by atoms with van der Waals surface area (Å²) in [5, 5.41) is 3.48. The van der Waals surface area contributed by atoms with Gasteiger partial charge in [0.2, 0.25) is 0 Å². The van der Waals surface area contributed by atoms with Crippen LogP contribution in [0.4, 0.5) is 4.39 Å². The predicted octanol–water partition coefficient (Wildman–Crippen LogP) is 2.69. The Bertz CT molecular complexity index is 394. The monoisotopic (exact) mass is 320 g/mol. The third kappa shape index (κ3) is 3.41. The van der Waals surface area contributed by atoms with Gasteiger partial charge in [-0.15, -0.1) is 0 Å². The molecule has 5 heteroatoms. The van der Waals surface area contributed by atoms with Gasteiger partial charge in [-0.05, 0) is 34.0 Å². The van der Waals surface area contributed by atoms with Crippen molar-refractivity contribution in [3.8, 4) is 0 Å². The zero-order valence-corrected chi connectivity index (χ0v) is 11.8. The smallest absolute Gasteiger partial charge is 0.156 e. The average molecular weight is 322 g/mol. The van der Waals surface area contributed by atoms with Crippen LogP contribution in [-0.4, -0.2) is 37.6 Å². The van der Waals surface area contributed by atoms with Gasteiger partial charge in [-0.1, -0.05) is 17.7 Å². The molecule has 1 aromatic carbocycles. The molecule has 0 aromatic heterocycles. The predicted molar refractivity (Wildman–Crippen MR) is 72.1 cm³/mol. The van der Waals surface area contributed by atoms with Gasteiger partial charge in [-0.2, -0.15) is 0 Å². The molecule has 1 fully saturated rings. The lowest BCUT2D eigenvalue weighted by atomic mass is 10.1. The van der Waals surface area contributed by atoms with E-state index in [1.165, 1.54) is 0 Å². The maximum atomic E-state index is 13.6. The van der Waals surface area contributed by atoms with Crippen molar-refractivity contribution in [1.82, 2.24) is 10.2 Å². The molecule has 0 spiro atoms.